The quantitative estimate of drug-likeness (QED) is 0.505. The molecule has 0 heteroatoms. The van der Waals surface area contributed by atoms with Crippen LogP contribution in [0.15, 0.2) is 0 Å². The van der Waals surface area contributed by atoms with Gasteiger partial charge in [-0.25, -0.2) is 0 Å². The van der Waals surface area contributed by atoms with E-state index in [1.54, 1.807) is 0 Å². The fourth-order valence-electron chi connectivity index (χ4n) is 0.677. The molecule has 0 bridgehead atoms. The SMILES string of the molecule is CCCC.CCCCCCC. The summed E-state index contributed by atoms with van der Waals surface area (Å²) < 4.78 is 0. The molecule has 0 heterocycles. The maximum absolute atomic E-state index is 2.25. The Balaban J connectivity index is 0. The Bertz CT molecular complexity index is 33.3. The fraction of sp³-hybridized carbons (Fsp3) is 1.00. The van der Waals surface area contributed by atoms with Crippen molar-refractivity contribution in [1.82, 2.24) is 0 Å². The lowest BCUT2D eigenvalue weighted by Crippen LogP contribution is -1.70. The van der Waals surface area contributed by atoms with Gasteiger partial charge in [0.15, 0.2) is 0 Å². The van der Waals surface area contributed by atoms with Gasteiger partial charge in [0, 0.05) is 0 Å². The first-order valence-electron chi connectivity index (χ1n) is 5.33. The molecule has 0 spiro atoms. The van der Waals surface area contributed by atoms with E-state index in [1.807, 2.05) is 0 Å². The van der Waals surface area contributed by atoms with Gasteiger partial charge in [0.1, 0.15) is 0 Å². The van der Waals surface area contributed by atoms with Crippen molar-refractivity contribution in [3.63, 3.8) is 0 Å². The van der Waals surface area contributed by atoms with Crippen molar-refractivity contribution in [1.29, 1.82) is 0 Å². The first-order chi connectivity index (χ1) is 5.33. The lowest BCUT2D eigenvalue weighted by molar-refractivity contribution is 0.656. The van der Waals surface area contributed by atoms with E-state index >= 15 is 0 Å². The van der Waals surface area contributed by atoms with Gasteiger partial charge in [-0.1, -0.05) is 72.6 Å². The molecule has 70 valence electrons. The minimum Gasteiger partial charge on any atom is -0.0654 e. The Labute approximate surface area is 73.4 Å². The molecule has 0 saturated heterocycles. The van der Waals surface area contributed by atoms with Gasteiger partial charge in [-0.2, -0.15) is 0 Å². The summed E-state index contributed by atoms with van der Waals surface area (Å²) in [6.45, 7) is 8.85. The highest BCUT2D eigenvalue weighted by molar-refractivity contribution is 4.35. The first kappa shape index (κ1) is 13.6. The lowest BCUT2D eigenvalue weighted by atomic mass is 10.2. The van der Waals surface area contributed by atoms with Gasteiger partial charge in [-0.15, -0.1) is 0 Å². The minimum atomic E-state index is 1.32. The second-order valence-electron chi connectivity index (χ2n) is 3.06. The highest BCUT2D eigenvalue weighted by atomic mass is 13.9. The average molecular weight is 158 g/mol. The number of hydrogen-bond acceptors (Lipinski definition) is 0. The Morgan fingerprint density at radius 3 is 1.00 bits per heavy atom. The zero-order valence-corrected chi connectivity index (χ0v) is 8.95. The molecule has 0 aliphatic heterocycles. The lowest BCUT2D eigenvalue weighted by Gasteiger charge is -1.90. The summed E-state index contributed by atoms with van der Waals surface area (Å²) in [7, 11) is 0. The summed E-state index contributed by atoms with van der Waals surface area (Å²) in [5.74, 6) is 0. The normalized spacial score (nSPS) is 8.73. The molecule has 0 N–H and O–H groups in total. The molecule has 0 amide bonds. The highest BCUT2D eigenvalue weighted by Crippen LogP contribution is 2.00. The summed E-state index contributed by atoms with van der Waals surface area (Å²) in [4.78, 5) is 0. The maximum atomic E-state index is 2.25. The molecular formula is C11H26. The molecule has 0 aliphatic rings. The number of unbranched alkanes of at least 4 members (excludes halogenated alkanes) is 5. The average Bonchev–Trinajstić information content (AvgIpc) is 2.06. The second kappa shape index (κ2) is 16.5. The van der Waals surface area contributed by atoms with Crippen molar-refractivity contribution in [3.05, 3.63) is 0 Å². The van der Waals surface area contributed by atoms with E-state index in [0.29, 0.717) is 0 Å². The fourth-order valence-corrected chi connectivity index (χ4v) is 0.677. The number of rotatable bonds is 5. The van der Waals surface area contributed by atoms with Crippen LogP contribution in [-0.4, -0.2) is 0 Å². The van der Waals surface area contributed by atoms with Crippen LogP contribution in [-0.2, 0) is 0 Å². The second-order valence-corrected chi connectivity index (χ2v) is 3.06. The third-order valence-electron chi connectivity index (χ3n) is 1.71. The molecule has 0 saturated carbocycles. The zero-order valence-electron chi connectivity index (χ0n) is 8.95. The zero-order chi connectivity index (χ0) is 8.95. The summed E-state index contributed by atoms with van der Waals surface area (Å²) in [5, 5.41) is 0. The largest absolute Gasteiger partial charge is 0.0654 e. The van der Waals surface area contributed by atoms with Crippen molar-refractivity contribution in [2.45, 2.75) is 72.6 Å². The topological polar surface area (TPSA) is 0 Å². The van der Waals surface area contributed by atoms with E-state index in [4.69, 9.17) is 0 Å². The van der Waals surface area contributed by atoms with Crippen molar-refractivity contribution in [2.75, 3.05) is 0 Å². The van der Waals surface area contributed by atoms with E-state index in [9.17, 15) is 0 Å². The number of hydrogen-bond donors (Lipinski definition) is 0. The van der Waals surface area contributed by atoms with Gasteiger partial charge in [0.2, 0.25) is 0 Å². The molecule has 0 atom stereocenters. The predicted octanol–water partition coefficient (Wildman–Crippen LogP) is 4.78. The van der Waals surface area contributed by atoms with Crippen LogP contribution in [0.3, 0.4) is 0 Å². The van der Waals surface area contributed by atoms with Crippen LogP contribution in [0.2, 0.25) is 0 Å². The maximum Gasteiger partial charge on any atom is -0.0533 e. The molecule has 0 aliphatic carbocycles. The third-order valence-corrected chi connectivity index (χ3v) is 1.71. The van der Waals surface area contributed by atoms with Crippen molar-refractivity contribution >= 4 is 0 Å². The third kappa shape index (κ3) is 25.6. The van der Waals surface area contributed by atoms with Gasteiger partial charge in [-0.3, -0.25) is 0 Å². The molecule has 0 fully saturated rings. The van der Waals surface area contributed by atoms with Crippen LogP contribution in [0, 0.1) is 0 Å². The first-order valence-corrected chi connectivity index (χ1v) is 5.33. The minimum absolute atomic E-state index is 1.32. The smallest absolute Gasteiger partial charge is 0.0533 e. The summed E-state index contributed by atoms with van der Waals surface area (Å²) in [5.41, 5.74) is 0. The summed E-state index contributed by atoms with van der Waals surface area (Å²) in [6, 6.07) is 0. The molecule has 0 nitrogen and oxygen atoms in total. The highest BCUT2D eigenvalue weighted by Gasteiger charge is 1.80. The van der Waals surface area contributed by atoms with Crippen LogP contribution < -0.4 is 0 Å². The molecular weight excluding hydrogens is 132 g/mol. The van der Waals surface area contributed by atoms with E-state index in [0.717, 1.165) is 0 Å². The molecule has 0 aromatic rings. The van der Waals surface area contributed by atoms with E-state index in [-0.39, 0.29) is 0 Å². The molecule has 0 unspecified atom stereocenters. The van der Waals surface area contributed by atoms with Crippen molar-refractivity contribution in [2.24, 2.45) is 0 Å². The molecule has 0 radical (unpaired) electrons. The molecule has 11 heavy (non-hydrogen) atoms. The van der Waals surface area contributed by atoms with Gasteiger partial charge >= 0.3 is 0 Å². The Kier molecular flexibility index (Phi) is 20.4. The molecule has 0 aromatic heterocycles. The Morgan fingerprint density at radius 1 is 0.455 bits per heavy atom. The molecule has 0 aromatic carbocycles. The van der Waals surface area contributed by atoms with Gasteiger partial charge in [0.25, 0.3) is 0 Å². The van der Waals surface area contributed by atoms with Gasteiger partial charge in [-0.05, 0) is 0 Å². The van der Waals surface area contributed by atoms with Gasteiger partial charge in [0.05, 0.1) is 0 Å². The van der Waals surface area contributed by atoms with Crippen LogP contribution in [0.4, 0.5) is 0 Å². The Morgan fingerprint density at radius 2 is 0.818 bits per heavy atom. The summed E-state index contributed by atoms with van der Waals surface area (Å²) in [6.07, 6.45) is 9.65. The standard InChI is InChI=1S/C7H16.C4H10/c1-3-5-7-6-4-2;1-3-4-2/h3-7H2,1-2H3;3-4H2,1-2H3. The van der Waals surface area contributed by atoms with Crippen LogP contribution in [0.25, 0.3) is 0 Å². The van der Waals surface area contributed by atoms with Crippen LogP contribution >= 0.6 is 0 Å². The van der Waals surface area contributed by atoms with Crippen molar-refractivity contribution in [3.8, 4) is 0 Å². The Hall–Kier alpha value is 0. The van der Waals surface area contributed by atoms with E-state index in [1.165, 1.54) is 44.9 Å². The van der Waals surface area contributed by atoms with E-state index in [2.05, 4.69) is 27.7 Å². The van der Waals surface area contributed by atoms with Crippen LogP contribution in [0.1, 0.15) is 72.6 Å². The monoisotopic (exact) mass is 158 g/mol. The van der Waals surface area contributed by atoms with Gasteiger partial charge < -0.3 is 0 Å². The predicted molar refractivity (Wildman–Crippen MR) is 55.0 cm³/mol. The molecule has 0 rings (SSSR count). The van der Waals surface area contributed by atoms with Crippen LogP contribution in [0.5, 0.6) is 0 Å². The van der Waals surface area contributed by atoms with E-state index < -0.39 is 0 Å². The summed E-state index contributed by atoms with van der Waals surface area (Å²) >= 11 is 0. The van der Waals surface area contributed by atoms with Crippen molar-refractivity contribution < 1.29 is 0 Å².